The SMILES string of the molecule is Nc1ccncc1-c1cncn1C1(C(F)(F)F)CC1. The molecule has 2 heterocycles. The van der Waals surface area contributed by atoms with Crippen LogP contribution in [0.4, 0.5) is 18.9 Å². The van der Waals surface area contributed by atoms with E-state index in [-0.39, 0.29) is 12.8 Å². The Morgan fingerprint density at radius 3 is 2.53 bits per heavy atom. The van der Waals surface area contributed by atoms with Crippen molar-refractivity contribution in [2.24, 2.45) is 0 Å². The molecule has 100 valence electrons. The zero-order valence-corrected chi connectivity index (χ0v) is 9.85. The van der Waals surface area contributed by atoms with E-state index >= 15 is 0 Å². The van der Waals surface area contributed by atoms with Crippen LogP contribution in [0, 0.1) is 0 Å². The first kappa shape index (κ1) is 12.0. The Kier molecular flexibility index (Phi) is 2.35. The molecular weight excluding hydrogens is 257 g/mol. The average Bonchev–Trinajstić information content (AvgIpc) is 3.03. The zero-order chi connectivity index (χ0) is 13.7. The summed E-state index contributed by atoms with van der Waals surface area (Å²) >= 11 is 0. The first-order valence-corrected chi connectivity index (χ1v) is 5.75. The van der Waals surface area contributed by atoms with Crippen LogP contribution in [0.1, 0.15) is 12.8 Å². The van der Waals surface area contributed by atoms with Crippen LogP contribution in [-0.4, -0.2) is 20.7 Å². The number of hydrogen-bond acceptors (Lipinski definition) is 3. The van der Waals surface area contributed by atoms with Crippen LogP contribution in [0.15, 0.2) is 31.0 Å². The van der Waals surface area contributed by atoms with E-state index in [1.807, 2.05) is 0 Å². The summed E-state index contributed by atoms with van der Waals surface area (Å²) in [6.45, 7) is 0. The van der Waals surface area contributed by atoms with Gasteiger partial charge in [0.05, 0.1) is 18.2 Å². The lowest BCUT2D eigenvalue weighted by Crippen LogP contribution is -2.34. The third-order valence-electron chi connectivity index (χ3n) is 3.48. The highest BCUT2D eigenvalue weighted by Crippen LogP contribution is 2.56. The first-order valence-electron chi connectivity index (χ1n) is 5.75. The Balaban J connectivity index is 2.13. The van der Waals surface area contributed by atoms with Gasteiger partial charge in [0.15, 0.2) is 0 Å². The smallest absolute Gasteiger partial charge is 0.398 e. The van der Waals surface area contributed by atoms with E-state index in [0.29, 0.717) is 16.9 Å². The molecule has 0 radical (unpaired) electrons. The third kappa shape index (κ3) is 1.68. The number of aromatic nitrogens is 3. The number of anilines is 1. The van der Waals surface area contributed by atoms with Crippen LogP contribution in [0.25, 0.3) is 11.3 Å². The number of nitrogens with zero attached hydrogens (tertiary/aromatic N) is 3. The van der Waals surface area contributed by atoms with Crippen molar-refractivity contribution in [1.29, 1.82) is 0 Å². The van der Waals surface area contributed by atoms with Crippen molar-refractivity contribution >= 4 is 5.69 Å². The van der Waals surface area contributed by atoms with Crippen LogP contribution in [0.5, 0.6) is 0 Å². The van der Waals surface area contributed by atoms with Gasteiger partial charge in [-0.15, -0.1) is 0 Å². The van der Waals surface area contributed by atoms with Gasteiger partial charge >= 0.3 is 6.18 Å². The predicted molar refractivity (Wildman–Crippen MR) is 63.1 cm³/mol. The predicted octanol–water partition coefficient (Wildman–Crippen LogP) is 2.58. The van der Waals surface area contributed by atoms with Gasteiger partial charge < -0.3 is 10.3 Å². The second-order valence-electron chi connectivity index (χ2n) is 4.64. The maximum Gasteiger partial charge on any atom is 0.411 e. The summed E-state index contributed by atoms with van der Waals surface area (Å²) < 4.78 is 40.6. The van der Waals surface area contributed by atoms with Gasteiger partial charge in [-0.25, -0.2) is 4.98 Å². The minimum atomic E-state index is -4.29. The fraction of sp³-hybridized carbons (Fsp3) is 0.333. The lowest BCUT2D eigenvalue weighted by molar-refractivity contribution is -0.179. The summed E-state index contributed by atoms with van der Waals surface area (Å²) in [7, 11) is 0. The Bertz CT molecular complexity index is 613. The molecule has 1 aliphatic carbocycles. The van der Waals surface area contributed by atoms with E-state index in [4.69, 9.17) is 5.73 Å². The van der Waals surface area contributed by atoms with Gasteiger partial charge in [-0.3, -0.25) is 4.98 Å². The molecule has 3 rings (SSSR count). The number of hydrogen-bond donors (Lipinski definition) is 1. The standard InChI is InChI=1S/C12H11F3N4/c13-12(14,15)11(2-3-11)19-7-18-6-10(19)8-5-17-4-1-9(8)16/h1,4-7H,2-3H2,(H2,16,17). The van der Waals surface area contributed by atoms with Crippen molar-refractivity contribution in [3.8, 4) is 11.3 Å². The van der Waals surface area contributed by atoms with E-state index in [9.17, 15) is 13.2 Å². The molecule has 0 aliphatic heterocycles. The van der Waals surface area contributed by atoms with E-state index in [0.717, 1.165) is 0 Å². The molecule has 0 unspecified atom stereocenters. The van der Waals surface area contributed by atoms with Gasteiger partial charge in [0.2, 0.25) is 0 Å². The topological polar surface area (TPSA) is 56.7 Å². The lowest BCUT2D eigenvalue weighted by atomic mass is 10.1. The molecule has 1 fully saturated rings. The van der Waals surface area contributed by atoms with Crippen LogP contribution < -0.4 is 5.73 Å². The van der Waals surface area contributed by atoms with Gasteiger partial charge in [0, 0.05) is 23.6 Å². The molecule has 0 aromatic carbocycles. The maximum absolute atomic E-state index is 13.2. The lowest BCUT2D eigenvalue weighted by Gasteiger charge is -2.23. The Morgan fingerprint density at radius 1 is 1.21 bits per heavy atom. The van der Waals surface area contributed by atoms with Gasteiger partial charge in [0.1, 0.15) is 5.54 Å². The number of rotatable bonds is 2. The number of nitrogens with two attached hydrogens (primary N) is 1. The van der Waals surface area contributed by atoms with Crippen LogP contribution in [-0.2, 0) is 5.54 Å². The highest BCUT2D eigenvalue weighted by molar-refractivity contribution is 5.72. The monoisotopic (exact) mass is 268 g/mol. The summed E-state index contributed by atoms with van der Waals surface area (Å²) in [6, 6.07) is 1.56. The molecule has 19 heavy (non-hydrogen) atoms. The summed E-state index contributed by atoms with van der Waals surface area (Å²) in [6.07, 6.45) is 1.40. The molecule has 0 atom stereocenters. The van der Waals surface area contributed by atoms with E-state index in [2.05, 4.69) is 9.97 Å². The van der Waals surface area contributed by atoms with Crippen molar-refractivity contribution in [3.63, 3.8) is 0 Å². The highest BCUT2D eigenvalue weighted by Gasteiger charge is 2.65. The van der Waals surface area contributed by atoms with Crippen molar-refractivity contribution in [2.45, 2.75) is 24.6 Å². The molecule has 1 aliphatic rings. The molecule has 2 aromatic heterocycles. The quantitative estimate of drug-likeness (QED) is 0.910. The average molecular weight is 268 g/mol. The number of imidazole rings is 1. The number of halogens is 3. The molecule has 0 spiro atoms. The normalized spacial score (nSPS) is 17.4. The molecule has 1 saturated carbocycles. The second-order valence-corrected chi connectivity index (χ2v) is 4.64. The first-order chi connectivity index (χ1) is 8.96. The van der Waals surface area contributed by atoms with Crippen molar-refractivity contribution in [2.75, 3.05) is 5.73 Å². The van der Waals surface area contributed by atoms with Gasteiger partial charge in [-0.2, -0.15) is 13.2 Å². The number of nitrogen functional groups attached to an aromatic ring is 1. The largest absolute Gasteiger partial charge is 0.411 e. The van der Waals surface area contributed by atoms with Crippen molar-refractivity contribution in [1.82, 2.24) is 14.5 Å². The molecule has 2 N–H and O–H groups in total. The fourth-order valence-corrected chi connectivity index (χ4v) is 2.23. The zero-order valence-electron chi connectivity index (χ0n) is 9.85. The molecule has 4 nitrogen and oxygen atoms in total. The van der Waals surface area contributed by atoms with Crippen LogP contribution >= 0.6 is 0 Å². The molecule has 0 amide bonds. The number of pyridine rings is 1. The highest BCUT2D eigenvalue weighted by atomic mass is 19.4. The van der Waals surface area contributed by atoms with Crippen molar-refractivity contribution in [3.05, 3.63) is 31.0 Å². The third-order valence-corrected chi connectivity index (χ3v) is 3.48. The van der Waals surface area contributed by atoms with E-state index in [1.165, 1.54) is 29.5 Å². The second kappa shape index (κ2) is 3.72. The number of alkyl halides is 3. The summed E-state index contributed by atoms with van der Waals surface area (Å²) in [5.74, 6) is 0. The summed E-state index contributed by atoms with van der Waals surface area (Å²) in [4.78, 5) is 7.74. The Hall–Kier alpha value is -2.05. The molecular formula is C12H11F3N4. The van der Waals surface area contributed by atoms with Gasteiger partial charge in [-0.05, 0) is 18.9 Å². The van der Waals surface area contributed by atoms with Crippen LogP contribution in [0.2, 0.25) is 0 Å². The Labute approximate surface area is 107 Å². The van der Waals surface area contributed by atoms with Gasteiger partial charge in [0.25, 0.3) is 0 Å². The fourth-order valence-electron chi connectivity index (χ4n) is 2.23. The molecule has 2 aromatic rings. The molecule has 0 saturated heterocycles. The minimum absolute atomic E-state index is 0.0695. The maximum atomic E-state index is 13.2. The minimum Gasteiger partial charge on any atom is -0.398 e. The summed E-state index contributed by atoms with van der Waals surface area (Å²) in [5, 5.41) is 0. The Morgan fingerprint density at radius 2 is 1.95 bits per heavy atom. The van der Waals surface area contributed by atoms with E-state index < -0.39 is 11.7 Å². The van der Waals surface area contributed by atoms with Gasteiger partial charge in [-0.1, -0.05) is 0 Å². The summed E-state index contributed by atoms with van der Waals surface area (Å²) in [5.41, 5.74) is 5.16. The molecule has 0 bridgehead atoms. The van der Waals surface area contributed by atoms with E-state index in [1.54, 1.807) is 6.07 Å². The molecule has 7 heteroatoms. The van der Waals surface area contributed by atoms with Crippen molar-refractivity contribution < 1.29 is 13.2 Å². The van der Waals surface area contributed by atoms with Crippen LogP contribution in [0.3, 0.4) is 0 Å².